The van der Waals surface area contributed by atoms with Crippen LogP contribution in [0.15, 0.2) is 24.3 Å². The van der Waals surface area contributed by atoms with Crippen molar-refractivity contribution < 1.29 is 4.74 Å². The first kappa shape index (κ1) is 12.8. The van der Waals surface area contributed by atoms with Gasteiger partial charge in [0, 0.05) is 0 Å². The summed E-state index contributed by atoms with van der Waals surface area (Å²) in [4.78, 5) is 0. The van der Waals surface area contributed by atoms with Crippen molar-refractivity contribution >= 4 is 22.6 Å². The highest BCUT2D eigenvalue weighted by Crippen LogP contribution is 2.19. The molecule has 0 radical (unpaired) electrons. The summed E-state index contributed by atoms with van der Waals surface area (Å²) in [6, 6.07) is 8.17. The van der Waals surface area contributed by atoms with Crippen molar-refractivity contribution in [1.29, 1.82) is 0 Å². The Morgan fingerprint density at radius 2 is 1.80 bits per heavy atom. The molecule has 0 saturated carbocycles. The predicted octanol–water partition coefficient (Wildman–Crippen LogP) is 4.64. The van der Waals surface area contributed by atoms with Gasteiger partial charge in [0.2, 0.25) is 0 Å². The van der Waals surface area contributed by atoms with Crippen LogP contribution in [0.1, 0.15) is 39.0 Å². The highest BCUT2D eigenvalue weighted by molar-refractivity contribution is 14.1. The highest BCUT2D eigenvalue weighted by atomic mass is 127. The van der Waals surface area contributed by atoms with Gasteiger partial charge in [0.1, 0.15) is 5.75 Å². The van der Waals surface area contributed by atoms with E-state index < -0.39 is 0 Å². The highest BCUT2D eigenvalue weighted by Gasteiger charge is 1.98. The molecule has 0 aliphatic rings. The summed E-state index contributed by atoms with van der Waals surface area (Å²) in [5.41, 5.74) is 0. The first-order valence-corrected chi connectivity index (χ1v) is 6.79. The molecular weight excluding hydrogens is 299 g/mol. The lowest BCUT2D eigenvalue weighted by atomic mass is 10.2. The maximum Gasteiger partial charge on any atom is 0.132 e. The Kier molecular flexibility index (Phi) is 6.81. The molecule has 0 aliphatic carbocycles. The van der Waals surface area contributed by atoms with Gasteiger partial charge in [0.25, 0.3) is 0 Å². The number of unbranched alkanes of at least 4 members (excludes halogenated alkanes) is 4. The lowest BCUT2D eigenvalue weighted by Crippen LogP contribution is -1.98. The van der Waals surface area contributed by atoms with Crippen molar-refractivity contribution in [2.75, 3.05) is 6.61 Å². The van der Waals surface area contributed by atoms with E-state index in [1.165, 1.54) is 35.7 Å². The molecule has 84 valence electrons. The van der Waals surface area contributed by atoms with Crippen molar-refractivity contribution in [3.05, 3.63) is 27.8 Å². The number of para-hydroxylation sites is 1. The smallest absolute Gasteiger partial charge is 0.132 e. The van der Waals surface area contributed by atoms with Crippen LogP contribution in [-0.2, 0) is 0 Å². The Bertz CT molecular complexity index is 273. The Morgan fingerprint density at radius 3 is 2.53 bits per heavy atom. The molecule has 0 amide bonds. The fourth-order valence-electron chi connectivity index (χ4n) is 1.45. The monoisotopic (exact) mass is 318 g/mol. The van der Waals surface area contributed by atoms with Crippen LogP contribution < -0.4 is 4.74 Å². The number of benzene rings is 1. The van der Waals surface area contributed by atoms with Crippen LogP contribution in [0, 0.1) is 3.57 Å². The molecular formula is C13H19IO. The molecule has 0 heterocycles. The van der Waals surface area contributed by atoms with Crippen LogP contribution in [0.25, 0.3) is 0 Å². The minimum absolute atomic E-state index is 0.851. The van der Waals surface area contributed by atoms with Gasteiger partial charge in [-0.1, -0.05) is 44.7 Å². The maximum atomic E-state index is 5.71. The van der Waals surface area contributed by atoms with Gasteiger partial charge in [-0.2, -0.15) is 0 Å². The topological polar surface area (TPSA) is 9.23 Å². The van der Waals surface area contributed by atoms with Crippen LogP contribution in [0.2, 0.25) is 0 Å². The van der Waals surface area contributed by atoms with Crippen molar-refractivity contribution in [3.63, 3.8) is 0 Å². The molecule has 2 heteroatoms. The maximum absolute atomic E-state index is 5.71. The average Bonchev–Trinajstić information content (AvgIpc) is 2.25. The normalized spacial score (nSPS) is 10.3. The summed E-state index contributed by atoms with van der Waals surface area (Å²) in [7, 11) is 0. The third-order valence-electron chi connectivity index (χ3n) is 2.34. The first-order chi connectivity index (χ1) is 7.34. The van der Waals surface area contributed by atoms with E-state index in [1.807, 2.05) is 18.2 Å². The standard InChI is InChI=1S/C13H19IO/c1-2-3-4-5-8-11-15-13-10-7-6-9-12(13)14/h6-7,9-10H,2-5,8,11H2,1H3. The second-order valence-electron chi connectivity index (χ2n) is 3.69. The van der Waals surface area contributed by atoms with E-state index in [0.29, 0.717) is 0 Å². The van der Waals surface area contributed by atoms with Gasteiger partial charge < -0.3 is 4.74 Å². The third kappa shape index (κ3) is 5.40. The molecule has 0 bridgehead atoms. The molecule has 15 heavy (non-hydrogen) atoms. The van der Waals surface area contributed by atoms with E-state index in [4.69, 9.17) is 4.74 Å². The molecule has 1 nitrogen and oxygen atoms in total. The van der Waals surface area contributed by atoms with Crippen LogP contribution in [0.4, 0.5) is 0 Å². The summed E-state index contributed by atoms with van der Waals surface area (Å²) < 4.78 is 6.91. The summed E-state index contributed by atoms with van der Waals surface area (Å²) in [6.45, 7) is 3.09. The molecule has 1 aromatic carbocycles. The number of hydrogen-bond acceptors (Lipinski definition) is 1. The first-order valence-electron chi connectivity index (χ1n) is 5.72. The van der Waals surface area contributed by atoms with Gasteiger partial charge in [0.15, 0.2) is 0 Å². The Hall–Kier alpha value is -0.250. The van der Waals surface area contributed by atoms with Gasteiger partial charge in [0.05, 0.1) is 10.2 Å². The van der Waals surface area contributed by atoms with E-state index in [1.54, 1.807) is 0 Å². The predicted molar refractivity (Wildman–Crippen MR) is 73.4 cm³/mol. The summed E-state index contributed by atoms with van der Waals surface area (Å²) in [6.07, 6.45) is 6.45. The average molecular weight is 318 g/mol. The molecule has 0 spiro atoms. The van der Waals surface area contributed by atoms with Crippen LogP contribution in [-0.4, -0.2) is 6.61 Å². The Morgan fingerprint density at radius 1 is 1.07 bits per heavy atom. The quantitative estimate of drug-likeness (QED) is 0.526. The zero-order valence-electron chi connectivity index (χ0n) is 9.34. The molecule has 0 fully saturated rings. The molecule has 1 rings (SSSR count). The molecule has 1 aromatic rings. The van der Waals surface area contributed by atoms with Gasteiger partial charge in [-0.05, 0) is 41.1 Å². The lowest BCUT2D eigenvalue weighted by Gasteiger charge is -2.07. The lowest BCUT2D eigenvalue weighted by molar-refractivity contribution is 0.302. The zero-order valence-corrected chi connectivity index (χ0v) is 11.5. The Balaban J connectivity index is 2.12. The van der Waals surface area contributed by atoms with E-state index in [9.17, 15) is 0 Å². The van der Waals surface area contributed by atoms with Crippen molar-refractivity contribution in [1.82, 2.24) is 0 Å². The van der Waals surface area contributed by atoms with Crippen molar-refractivity contribution in [3.8, 4) is 5.75 Å². The largest absolute Gasteiger partial charge is 0.492 e. The number of halogens is 1. The van der Waals surface area contributed by atoms with Gasteiger partial charge in [-0.25, -0.2) is 0 Å². The minimum Gasteiger partial charge on any atom is -0.492 e. The number of ether oxygens (including phenoxy) is 1. The number of rotatable bonds is 7. The zero-order chi connectivity index (χ0) is 10.9. The van der Waals surface area contributed by atoms with Gasteiger partial charge in [-0.3, -0.25) is 0 Å². The second-order valence-corrected chi connectivity index (χ2v) is 4.86. The number of hydrogen-bond donors (Lipinski definition) is 0. The SMILES string of the molecule is CCCCCCCOc1ccccc1I. The molecule has 0 unspecified atom stereocenters. The van der Waals surface area contributed by atoms with Crippen LogP contribution >= 0.6 is 22.6 Å². The van der Waals surface area contributed by atoms with Gasteiger partial charge in [-0.15, -0.1) is 0 Å². The molecule has 0 N–H and O–H groups in total. The molecule has 0 aromatic heterocycles. The van der Waals surface area contributed by atoms with E-state index >= 15 is 0 Å². The third-order valence-corrected chi connectivity index (χ3v) is 3.23. The second kappa shape index (κ2) is 7.97. The molecule has 0 aliphatic heterocycles. The Labute approximate surface area is 106 Å². The fraction of sp³-hybridized carbons (Fsp3) is 0.538. The minimum atomic E-state index is 0.851. The fourth-order valence-corrected chi connectivity index (χ4v) is 1.99. The van der Waals surface area contributed by atoms with Crippen molar-refractivity contribution in [2.45, 2.75) is 39.0 Å². The molecule has 0 saturated heterocycles. The van der Waals surface area contributed by atoms with E-state index in [2.05, 4.69) is 35.6 Å². The van der Waals surface area contributed by atoms with E-state index in [0.717, 1.165) is 12.4 Å². The summed E-state index contributed by atoms with van der Waals surface area (Å²) >= 11 is 2.31. The summed E-state index contributed by atoms with van der Waals surface area (Å²) in [5.74, 6) is 1.02. The molecule has 0 atom stereocenters. The van der Waals surface area contributed by atoms with Crippen molar-refractivity contribution in [2.24, 2.45) is 0 Å². The van der Waals surface area contributed by atoms with E-state index in [-0.39, 0.29) is 0 Å². The van der Waals surface area contributed by atoms with Gasteiger partial charge >= 0.3 is 0 Å². The van der Waals surface area contributed by atoms with Crippen LogP contribution in [0.5, 0.6) is 5.75 Å². The van der Waals surface area contributed by atoms with Crippen LogP contribution in [0.3, 0.4) is 0 Å². The summed E-state index contributed by atoms with van der Waals surface area (Å²) in [5, 5.41) is 0.